The van der Waals surface area contributed by atoms with Crippen LogP contribution in [-0.4, -0.2) is 41.3 Å². The number of benzene rings is 4. The second-order valence-electron chi connectivity index (χ2n) is 11.9. The van der Waals surface area contributed by atoms with E-state index >= 15 is 0 Å². The van der Waals surface area contributed by atoms with E-state index in [2.05, 4.69) is 47.0 Å². The van der Waals surface area contributed by atoms with Crippen LogP contribution in [0.3, 0.4) is 0 Å². The maximum absolute atomic E-state index is 13.5. The van der Waals surface area contributed by atoms with Gasteiger partial charge in [0.15, 0.2) is 0 Å². The summed E-state index contributed by atoms with van der Waals surface area (Å²) in [6.07, 6.45) is 3.57. The van der Waals surface area contributed by atoms with E-state index in [9.17, 15) is 13.2 Å². The number of sulfonamides is 1. The van der Waals surface area contributed by atoms with Crippen LogP contribution < -0.4 is 5.73 Å². The lowest BCUT2D eigenvalue weighted by molar-refractivity contribution is 0.1000. The SMILES string of the molecule is NC(=O)c1ccc(S(=O)(=O)N2CCC(n3c(C4CC4)nc4ccc(C(c5ccc(Cl)cc5)c5ccc(Cl)cc5)cc43)CC2)cc1. The predicted octanol–water partition coefficient (Wildman–Crippen LogP) is 7.53. The number of carbonyl (C=O) groups is 1. The van der Waals surface area contributed by atoms with Crippen LogP contribution in [0.2, 0.25) is 10.0 Å². The zero-order chi connectivity index (χ0) is 31.3. The normalized spacial score (nSPS) is 16.4. The number of hydrogen-bond acceptors (Lipinski definition) is 4. The average molecular weight is 660 g/mol. The van der Waals surface area contributed by atoms with Crippen molar-refractivity contribution < 1.29 is 13.2 Å². The molecule has 0 unspecified atom stereocenters. The third kappa shape index (κ3) is 5.88. The molecule has 0 radical (unpaired) electrons. The van der Waals surface area contributed by atoms with E-state index in [0.29, 0.717) is 41.9 Å². The summed E-state index contributed by atoms with van der Waals surface area (Å²) < 4.78 is 30.9. The number of amides is 1. The Hall–Kier alpha value is -3.69. The third-order valence-corrected chi connectivity index (χ3v) is 11.4. The minimum Gasteiger partial charge on any atom is -0.366 e. The number of aromatic nitrogens is 2. The molecule has 2 heterocycles. The molecule has 2 N–H and O–H groups in total. The zero-order valence-corrected chi connectivity index (χ0v) is 26.8. The van der Waals surface area contributed by atoms with E-state index in [1.54, 1.807) is 4.31 Å². The van der Waals surface area contributed by atoms with Crippen LogP contribution in [0.15, 0.2) is 95.9 Å². The summed E-state index contributed by atoms with van der Waals surface area (Å²) in [6.45, 7) is 0.790. The third-order valence-electron chi connectivity index (χ3n) is 8.99. The van der Waals surface area contributed by atoms with Gasteiger partial charge in [0.2, 0.25) is 15.9 Å². The number of rotatable bonds is 8. The second-order valence-corrected chi connectivity index (χ2v) is 14.7. The van der Waals surface area contributed by atoms with Crippen molar-refractivity contribution in [2.75, 3.05) is 13.1 Å². The van der Waals surface area contributed by atoms with Gasteiger partial charge in [0, 0.05) is 46.6 Å². The maximum Gasteiger partial charge on any atom is 0.248 e. The van der Waals surface area contributed by atoms with Crippen LogP contribution >= 0.6 is 23.2 Å². The first-order valence-electron chi connectivity index (χ1n) is 15.1. The molecule has 230 valence electrons. The Kier molecular flexibility index (Phi) is 7.94. The van der Waals surface area contributed by atoms with E-state index in [-0.39, 0.29) is 22.4 Å². The molecule has 1 aromatic heterocycles. The number of halogens is 2. The minimum absolute atomic E-state index is 0.0374. The standard InChI is InChI=1S/C35H32Cl2N4O3S/c36-27-10-3-22(4-11-27)33(23-5-12-28(37)13-6-23)26-9-16-31-32(21-26)41(35(39-31)25-1-2-25)29-17-19-40(20-18-29)45(43,44)30-14-7-24(8-15-30)34(38)42/h3-16,21,25,29,33H,1-2,17-20H2,(H2,38,42). The van der Waals surface area contributed by atoms with Crippen LogP contribution in [-0.2, 0) is 10.0 Å². The molecule has 2 aliphatic rings. The highest BCUT2D eigenvalue weighted by atomic mass is 35.5. The molecular weight excluding hydrogens is 627 g/mol. The molecule has 0 atom stereocenters. The fraction of sp³-hybridized carbons (Fsp3) is 0.257. The number of carbonyl (C=O) groups excluding carboxylic acids is 1. The molecule has 5 aromatic rings. The lowest BCUT2D eigenvalue weighted by Crippen LogP contribution is -2.39. The first kappa shape index (κ1) is 30.0. The van der Waals surface area contributed by atoms with Gasteiger partial charge in [-0.05, 0) is 103 Å². The van der Waals surface area contributed by atoms with Gasteiger partial charge < -0.3 is 10.3 Å². The number of hydrogen-bond donors (Lipinski definition) is 1. The topological polar surface area (TPSA) is 98.3 Å². The van der Waals surface area contributed by atoms with E-state index in [0.717, 1.165) is 46.4 Å². The maximum atomic E-state index is 13.5. The zero-order valence-electron chi connectivity index (χ0n) is 24.4. The number of imidazole rings is 1. The van der Waals surface area contributed by atoms with Gasteiger partial charge in [-0.25, -0.2) is 13.4 Å². The molecule has 7 rings (SSSR count). The minimum atomic E-state index is -3.70. The molecule has 4 aromatic carbocycles. The highest BCUT2D eigenvalue weighted by Crippen LogP contribution is 2.44. The van der Waals surface area contributed by atoms with Gasteiger partial charge in [-0.3, -0.25) is 4.79 Å². The van der Waals surface area contributed by atoms with E-state index in [1.165, 1.54) is 24.3 Å². The summed E-state index contributed by atoms with van der Waals surface area (Å²) in [5, 5.41) is 1.37. The summed E-state index contributed by atoms with van der Waals surface area (Å²) in [5.41, 5.74) is 11.0. The van der Waals surface area contributed by atoms with Crippen molar-refractivity contribution in [3.05, 3.63) is 129 Å². The number of piperidine rings is 1. The van der Waals surface area contributed by atoms with Gasteiger partial charge in [0.05, 0.1) is 15.9 Å². The van der Waals surface area contributed by atoms with Gasteiger partial charge in [-0.15, -0.1) is 0 Å². The van der Waals surface area contributed by atoms with Crippen molar-refractivity contribution in [1.82, 2.24) is 13.9 Å². The van der Waals surface area contributed by atoms with Gasteiger partial charge >= 0.3 is 0 Å². The Balaban J connectivity index is 1.22. The Morgan fingerprint density at radius 2 is 1.33 bits per heavy atom. The van der Waals surface area contributed by atoms with Crippen molar-refractivity contribution in [2.24, 2.45) is 5.73 Å². The van der Waals surface area contributed by atoms with Crippen molar-refractivity contribution in [3.63, 3.8) is 0 Å². The molecule has 7 nitrogen and oxygen atoms in total. The molecule has 1 saturated heterocycles. The van der Waals surface area contributed by atoms with Crippen LogP contribution in [0.25, 0.3) is 11.0 Å². The lowest BCUT2D eigenvalue weighted by Gasteiger charge is -2.33. The quantitative estimate of drug-likeness (QED) is 0.174. The molecule has 1 saturated carbocycles. The second kappa shape index (κ2) is 11.9. The number of fused-ring (bicyclic) bond motifs is 1. The number of nitrogens with zero attached hydrogens (tertiary/aromatic N) is 3. The highest BCUT2D eigenvalue weighted by molar-refractivity contribution is 7.89. The largest absolute Gasteiger partial charge is 0.366 e. The first-order chi connectivity index (χ1) is 21.7. The lowest BCUT2D eigenvalue weighted by atomic mass is 9.85. The molecular formula is C35H32Cl2N4O3S. The Morgan fingerprint density at radius 3 is 1.87 bits per heavy atom. The first-order valence-corrected chi connectivity index (χ1v) is 17.3. The fourth-order valence-electron chi connectivity index (χ4n) is 6.49. The van der Waals surface area contributed by atoms with Gasteiger partial charge in [0.1, 0.15) is 5.82 Å². The fourth-order valence-corrected chi connectivity index (χ4v) is 8.21. The monoisotopic (exact) mass is 658 g/mol. The smallest absolute Gasteiger partial charge is 0.248 e. The Morgan fingerprint density at radius 1 is 0.778 bits per heavy atom. The molecule has 1 aliphatic carbocycles. The summed E-state index contributed by atoms with van der Waals surface area (Å²) in [7, 11) is -3.70. The van der Waals surface area contributed by atoms with Crippen LogP contribution in [0.1, 0.15) is 76.4 Å². The van der Waals surface area contributed by atoms with Crippen molar-refractivity contribution >= 4 is 50.2 Å². The summed E-state index contributed by atoms with van der Waals surface area (Å²) >= 11 is 12.5. The van der Waals surface area contributed by atoms with Crippen LogP contribution in [0.4, 0.5) is 0 Å². The summed E-state index contributed by atoms with van der Waals surface area (Å²) in [5.74, 6) is 0.897. The molecule has 10 heteroatoms. The molecule has 0 spiro atoms. The molecule has 1 amide bonds. The summed E-state index contributed by atoms with van der Waals surface area (Å²) in [4.78, 5) is 16.7. The van der Waals surface area contributed by atoms with Crippen molar-refractivity contribution in [3.8, 4) is 0 Å². The average Bonchev–Trinajstić information content (AvgIpc) is 3.83. The van der Waals surface area contributed by atoms with E-state index in [1.807, 2.05) is 24.3 Å². The predicted molar refractivity (Wildman–Crippen MR) is 178 cm³/mol. The number of primary amides is 1. The van der Waals surface area contributed by atoms with Gasteiger partial charge in [-0.1, -0.05) is 53.5 Å². The van der Waals surface area contributed by atoms with E-state index < -0.39 is 15.9 Å². The Labute approximate surface area is 272 Å². The molecule has 0 bridgehead atoms. The number of nitrogens with two attached hydrogens (primary N) is 1. The van der Waals surface area contributed by atoms with Crippen LogP contribution in [0.5, 0.6) is 0 Å². The molecule has 45 heavy (non-hydrogen) atoms. The Bertz CT molecular complexity index is 1930. The highest BCUT2D eigenvalue weighted by Gasteiger charge is 2.35. The van der Waals surface area contributed by atoms with Gasteiger partial charge in [0.25, 0.3) is 0 Å². The van der Waals surface area contributed by atoms with Crippen molar-refractivity contribution in [1.29, 1.82) is 0 Å². The molecule has 1 aliphatic heterocycles. The summed E-state index contributed by atoms with van der Waals surface area (Å²) in [6, 6.07) is 28.4. The van der Waals surface area contributed by atoms with E-state index in [4.69, 9.17) is 33.9 Å². The van der Waals surface area contributed by atoms with Gasteiger partial charge in [-0.2, -0.15) is 4.31 Å². The van der Waals surface area contributed by atoms with Crippen molar-refractivity contribution in [2.45, 2.75) is 48.5 Å². The molecule has 2 fully saturated rings. The van der Waals surface area contributed by atoms with Crippen LogP contribution in [0, 0.1) is 0 Å².